The highest BCUT2D eigenvalue weighted by atomic mass is 16.2. The number of aromatic nitrogens is 2. The van der Waals surface area contributed by atoms with Gasteiger partial charge in [-0.15, -0.1) is 0 Å². The Morgan fingerprint density at radius 3 is 3.05 bits per heavy atom. The van der Waals surface area contributed by atoms with Crippen LogP contribution in [-0.4, -0.2) is 41.0 Å². The molecule has 2 rings (SSSR count). The number of nitrogens with one attached hydrogen (secondary N) is 1. The number of nitriles is 1. The summed E-state index contributed by atoms with van der Waals surface area (Å²) in [6.45, 7) is 3.00. The summed E-state index contributed by atoms with van der Waals surface area (Å²) in [6, 6.07) is 1.54. The lowest BCUT2D eigenvalue weighted by molar-refractivity contribution is -0.122. The molecule has 3 N–H and O–H groups in total. The first-order chi connectivity index (χ1) is 9.11. The van der Waals surface area contributed by atoms with E-state index in [4.69, 9.17) is 11.0 Å². The topological polar surface area (TPSA) is 108 Å². The standard InChI is InChI=1S/C12H16N6O/c1-8(14)12(19)17-9-2-5-18(7-9)11-10(6-13)15-3-4-16-11/h3-4,8-9H,2,5,7,14H2,1H3,(H,17,19). The van der Waals surface area contributed by atoms with Gasteiger partial charge < -0.3 is 16.0 Å². The molecule has 0 radical (unpaired) electrons. The van der Waals surface area contributed by atoms with Crippen molar-refractivity contribution in [3.63, 3.8) is 0 Å². The minimum absolute atomic E-state index is 0.0343. The van der Waals surface area contributed by atoms with E-state index in [1.54, 1.807) is 13.1 Å². The average molecular weight is 260 g/mol. The molecule has 1 amide bonds. The summed E-state index contributed by atoms with van der Waals surface area (Å²) in [4.78, 5) is 21.7. The minimum Gasteiger partial charge on any atom is -0.352 e. The number of amides is 1. The molecule has 0 spiro atoms. The SMILES string of the molecule is CC(N)C(=O)NC1CCN(c2nccnc2C#N)C1. The van der Waals surface area contributed by atoms with Gasteiger partial charge in [0.05, 0.1) is 6.04 Å². The summed E-state index contributed by atoms with van der Waals surface area (Å²) in [7, 11) is 0. The van der Waals surface area contributed by atoms with Gasteiger partial charge in [0.2, 0.25) is 5.91 Å². The first-order valence-electron chi connectivity index (χ1n) is 6.14. The molecule has 0 aliphatic carbocycles. The van der Waals surface area contributed by atoms with Gasteiger partial charge in [0.1, 0.15) is 6.07 Å². The van der Waals surface area contributed by atoms with Crippen LogP contribution in [0.1, 0.15) is 19.0 Å². The molecule has 0 bridgehead atoms. The molecular weight excluding hydrogens is 244 g/mol. The monoisotopic (exact) mass is 260 g/mol. The van der Waals surface area contributed by atoms with Crippen molar-refractivity contribution in [1.29, 1.82) is 5.26 Å². The second kappa shape index (κ2) is 5.63. The fourth-order valence-corrected chi connectivity index (χ4v) is 2.04. The van der Waals surface area contributed by atoms with Crippen molar-refractivity contribution in [2.45, 2.75) is 25.4 Å². The van der Waals surface area contributed by atoms with Crippen LogP contribution in [0.15, 0.2) is 12.4 Å². The number of hydrogen-bond acceptors (Lipinski definition) is 6. The van der Waals surface area contributed by atoms with Crippen molar-refractivity contribution >= 4 is 11.7 Å². The van der Waals surface area contributed by atoms with Gasteiger partial charge in [-0.1, -0.05) is 0 Å². The van der Waals surface area contributed by atoms with Crippen molar-refractivity contribution in [1.82, 2.24) is 15.3 Å². The van der Waals surface area contributed by atoms with Gasteiger partial charge in [0, 0.05) is 31.5 Å². The molecule has 0 aromatic carbocycles. The molecule has 0 saturated carbocycles. The van der Waals surface area contributed by atoms with E-state index in [1.165, 1.54) is 6.20 Å². The van der Waals surface area contributed by atoms with Crippen LogP contribution in [0.3, 0.4) is 0 Å². The molecule has 2 atom stereocenters. The Morgan fingerprint density at radius 1 is 1.63 bits per heavy atom. The Hall–Kier alpha value is -2.20. The molecule has 1 aliphatic heterocycles. The summed E-state index contributed by atoms with van der Waals surface area (Å²) >= 11 is 0. The third-order valence-corrected chi connectivity index (χ3v) is 3.03. The smallest absolute Gasteiger partial charge is 0.236 e. The predicted octanol–water partition coefficient (Wildman–Crippen LogP) is -0.610. The molecule has 19 heavy (non-hydrogen) atoms. The van der Waals surface area contributed by atoms with E-state index in [2.05, 4.69) is 15.3 Å². The Kier molecular flexibility index (Phi) is 3.92. The van der Waals surface area contributed by atoms with Crippen molar-refractivity contribution in [2.75, 3.05) is 18.0 Å². The van der Waals surface area contributed by atoms with Gasteiger partial charge >= 0.3 is 0 Å². The maximum absolute atomic E-state index is 11.5. The maximum Gasteiger partial charge on any atom is 0.236 e. The summed E-state index contributed by atoms with van der Waals surface area (Å²) in [6.07, 6.45) is 3.86. The van der Waals surface area contributed by atoms with E-state index in [0.29, 0.717) is 18.1 Å². The van der Waals surface area contributed by atoms with Gasteiger partial charge in [-0.3, -0.25) is 4.79 Å². The largest absolute Gasteiger partial charge is 0.352 e. The Morgan fingerprint density at radius 2 is 2.37 bits per heavy atom. The fraction of sp³-hybridized carbons (Fsp3) is 0.500. The second-order valence-corrected chi connectivity index (χ2v) is 4.57. The van der Waals surface area contributed by atoms with E-state index < -0.39 is 6.04 Å². The Bertz CT molecular complexity index is 509. The number of nitrogens with zero attached hydrogens (tertiary/aromatic N) is 4. The normalized spacial score (nSPS) is 19.8. The number of rotatable bonds is 3. The van der Waals surface area contributed by atoms with Crippen LogP contribution in [-0.2, 0) is 4.79 Å². The Labute approximate surface area is 111 Å². The fourth-order valence-electron chi connectivity index (χ4n) is 2.04. The first kappa shape index (κ1) is 13.2. The molecule has 1 aliphatic rings. The lowest BCUT2D eigenvalue weighted by Gasteiger charge is -2.18. The highest BCUT2D eigenvalue weighted by Crippen LogP contribution is 2.20. The molecule has 2 heterocycles. The van der Waals surface area contributed by atoms with Crippen LogP contribution in [0.5, 0.6) is 0 Å². The number of carbonyl (C=O) groups excluding carboxylic acids is 1. The summed E-state index contributed by atoms with van der Waals surface area (Å²) in [5, 5.41) is 11.9. The quantitative estimate of drug-likeness (QED) is 0.750. The van der Waals surface area contributed by atoms with Crippen LogP contribution >= 0.6 is 0 Å². The predicted molar refractivity (Wildman–Crippen MR) is 69.2 cm³/mol. The lowest BCUT2D eigenvalue weighted by atomic mass is 10.2. The molecule has 1 saturated heterocycles. The second-order valence-electron chi connectivity index (χ2n) is 4.57. The van der Waals surface area contributed by atoms with Crippen LogP contribution in [0.4, 0.5) is 5.82 Å². The maximum atomic E-state index is 11.5. The lowest BCUT2D eigenvalue weighted by Crippen LogP contribution is -2.45. The molecule has 7 heteroatoms. The zero-order valence-corrected chi connectivity index (χ0v) is 10.7. The van der Waals surface area contributed by atoms with E-state index in [9.17, 15) is 4.79 Å². The zero-order valence-electron chi connectivity index (χ0n) is 10.7. The summed E-state index contributed by atoms with van der Waals surface area (Å²) in [5.41, 5.74) is 5.82. The van der Waals surface area contributed by atoms with Gasteiger partial charge in [0.15, 0.2) is 11.5 Å². The van der Waals surface area contributed by atoms with Crippen LogP contribution in [0.2, 0.25) is 0 Å². The Balaban J connectivity index is 2.03. The summed E-state index contributed by atoms with van der Waals surface area (Å²) in [5.74, 6) is 0.411. The molecule has 7 nitrogen and oxygen atoms in total. The number of anilines is 1. The first-order valence-corrected chi connectivity index (χ1v) is 6.14. The molecule has 1 fully saturated rings. The van der Waals surface area contributed by atoms with Crippen LogP contribution in [0.25, 0.3) is 0 Å². The highest BCUT2D eigenvalue weighted by Gasteiger charge is 2.27. The number of nitrogens with two attached hydrogens (primary N) is 1. The third kappa shape index (κ3) is 2.98. The van der Waals surface area contributed by atoms with E-state index in [-0.39, 0.29) is 11.9 Å². The highest BCUT2D eigenvalue weighted by molar-refractivity contribution is 5.81. The van der Waals surface area contributed by atoms with Crippen molar-refractivity contribution in [3.8, 4) is 6.07 Å². The zero-order chi connectivity index (χ0) is 13.8. The van der Waals surface area contributed by atoms with Crippen molar-refractivity contribution < 1.29 is 4.79 Å². The molecule has 2 unspecified atom stereocenters. The van der Waals surface area contributed by atoms with Gasteiger partial charge in [-0.05, 0) is 13.3 Å². The van der Waals surface area contributed by atoms with E-state index in [0.717, 1.165) is 13.0 Å². The average Bonchev–Trinajstić information content (AvgIpc) is 2.86. The minimum atomic E-state index is -0.514. The number of carbonyl (C=O) groups is 1. The summed E-state index contributed by atoms with van der Waals surface area (Å²) < 4.78 is 0. The van der Waals surface area contributed by atoms with E-state index in [1.807, 2.05) is 11.0 Å². The van der Waals surface area contributed by atoms with Crippen LogP contribution in [0, 0.1) is 11.3 Å². The third-order valence-electron chi connectivity index (χ3n) is 3.03. The van der Waals surface area contributed by atoms with Crippen molar-refractivity contribution in [2.24, 2.45) is 5.73 Å². The molecule has 100 valence electrons. The molecule has 1 aromatic rings. The molecular formula is C12H16N6O. The number of hydrogen-bond donors (Lipinski definition) is 2. The van der Waals surface area contributed by atoms with Gasteiger partial charge in [-0.2, -0.15) is 5.26 Å². The van der Waals surface area contributed by atoms with Gasteiger partial charge in [-0.25, -0.2) is 9.97 Å². The van der Waals surface area contributed by atoms with Crippen molar-refractivity contribution in [3.05, 3.63) is 18.1 Å². The van der Waals surface area contributed by atoms with Crippen LogP contribution < -0.4 is 16.0 Å². The van der Waals surface area contributed by atoms with E-state index >= 15 is 0 Å². The van der Waals surface area contributed by atoms with Gasteiger partial charge in [0.25, 0.3) is 0 Å². The molecule has 1 aromatic heterocycles.